The Labute approximate surface area is 123 Å². The topological polar surface area (TPSA) is 83.5 Å². The van der Waals surface area contributed by atoms with Crippen LogP contribution in [0.15, 0.2) is 0 Å². The largest absolute Gasteiger partial charge is 0.464 e. The maximum absolute atomic E-state index is 11.7. The van der Waals surface area contributed by atoms with E-state index < -0.39 is 0 Å². The molecule has 2 fully saturated rings. The van der Waals surface area contributed by atoms with Crippen molar-refractivity contribution in [3.8, 4) is 6.01 Å². The third-order valence-electron chi connectivity index (χ3n) is 3.88. The van der Waals surface area contributed by atoms with Crippen LogP contribution in [0.3, 0.4) is 0 Å². The number of ether oxygens (including phenoxy) is 1. The molecular formula is C13H20N6O2. The van der Waals surface area contributed by atoms with Crippen molar-refractivity contribution in [3.63, 3.8) is 0 Å². The Bertz CT molecular complexity index is 537. The van der Waals surface area contributed by atoms with Gasteiger partial charge in [0.05, 0.1) is 6.61 Å². The standard InChI is InChI=1S/C13H20N6O2/c1-3-21-13-16-11(14-2)15-12(17-13)18-6-7-19-9(8-18)4-5-10(19)20/h9H,3-8H2,1-2H3,(H,14,15,16,17). The number of aromatic nitrogens is 3. The van der Waals surface area contributed by atoms with Crippen molar-refractivity contribution in [1.29, 1.82) is 0 Å². The van der Waals surface area contributed by atoms with E-state index in [0.717, 1.165) is 26.1 Å². The summed E-state index contributed by atoms with van der Waals surface area (Å²) in [5.74, 6) is 1.37. The van der Waals surface area contributed by atoms with Gasteiger partial charge in [-0.25, -0.2) is 0 Å². The Morgan fingerprint density at radius 3 is 2.95 bits per heavy atom. The zero-order valence-corrected chi connectivity index (χ0v) is 12.4. The third-order valence-corrected chi connectivity index (χ3v) is 3.88. The zero-order chi connectivity index (χ0) is 14.8. The van der Waals surface area contributed by atoms with Crippen LogP contribution in [0.25, 0.3) is 0 Å². The van der Waals surface area contributed by atoms with E-state index in [1.54, 1.807) is 7.05 Å². The highest BCUT2D eigenvalue weighted by molar-refractivity contribution is 5.79. The lowest BCUT2D eigenvalue weighted by Gasteiger charge is -2.37. The summed E-state index contributed by atoms with van der Waals surface area (Å²) in [7, 11) is 1.77. The molecule has 1 atom stereocenters. The Hall–Kier alpha value is -2.12. The van der Waals surface area contributed by atoms with Gasteiger partial charge in [0, 0.05) is 39.1 Å². The van der Waals surface area contributed by atoms with Crippen LogP contribution in [0.4, 0.5) is 11.9 Å². The molecule has 0 aromatic carbocycles. The lowest BCUT2D eigenvalue weighted by Crippen LogP contribution is -2.52. The predicted octanol–water partition coefficient (Wildman–Crippen LogP) is 0.123. The first-order chi connectivity index (χ1) is 10.2. The molecule has 3 rings (SSSR count). The van der Waals surface area contributed by atoms with Crippen LogP contribution in [0.5, 0.6) is 6.01 Å². The molecule has 3 heterocycles. The minimum Gasteiger partial charge on any atom is -0.464 e. The van der Waals surface area contributed by atoms with Crippen LogP contribution < -0.4 is 15.0 Å². The van der Waals surface area contributed by atoms with Gasteiger partial charge in [0.1, 0.15) is 0 Å². The highest BCUT2D eigenvalue weighted by Gasteiger charge is 2.36. The first-order valence-corrected chi connectivity index (χ1v) is 7.32. The maximum Gasteiger partial charge on any atom is 0.323 e. The number of piperazine rings is 1. The number of carbonyl (C=O) groups is 1. The summed E-state index contributed by atoms with van der Waals surface area (Å²) in [4.78, 5) is 28.7. The first kappa shape index (κ1) is 13.8. The highest BCUT2D eigenvalue weighted by Crippen LogP contribution is 2.25. The van der Waals surface area contributed by atoms with Crippen LogP contribution >= 0.6 is 0 Å². The molecule has 2 aliphatic heterocycles. The molecular weight excluding hydrogens is 272 g/mol. The maximum atomic E-state index is 11.7. The SMILES string of the molecule is CCOc1nc(NC)nc(N2CCN3C(=O)CCC3C2)n1. The molecule has 1 unspecified atom stereocenters. The molecule has 114 valence electrons. The van der Waals surface area contributed by atoms with Crippen molar-refractivity contribution in [1.82, 2.24) is 19.9 Å². The van der Waals surface area contributed by atoms with Crippen molar-refractivity contribution in [2.24, 2.45) is 0 Å². The van der Waals surface area contributed by atoms with Crippen LogP contribution in [-0.4, -0.2) is 65.1 Å². The van der Waals surface area contributed by atoms with Gasteiger partial charge in [0.15, 0.2) is 0 Å². The van der Waals surface area contributed by atoms with E-state index in [0.29, 0.717) is 30.9 Å². The Morgan fingerprint density at radius 2 is 2.19 bits per heavy atom. The lowest BCUT2D eigenvalue weighted by atomic mass is 10.2. The quantitative estimate of drug-likeness (QED) is 0.844. The number of anilines is 2. The van der Waals surface area contributed by atoms with Crippen LogP contribution in [0.2, 0.25) is 0 Å². The molecule has 1 aromatic rings. The van der Waals surface area contributed by atoms with Crippen LogP contribution in [-0.2, 0) is 4.79 Å². The minimum atomic E-state index is 0.265. The van der Waals surface area contributed by atoms with Crippen LogP contribution in [0, 0.1) is 0 Å². The molecule has 0 saturated carbocycles. The molecule has 8 heteroatoms. The normalized spacial score (nSPS) is 21.4. The van der Waals surface area contributed by atoms with Gasteiger partial charge in [0.25, 0.3) is 0 Å². The molecule has 2 saturated heterocycles. The average Bonchev–Trinajstić information content (AvgIpc) is 2.88. The van der Waals surface area contributed by atoms with E-state index in [1.165, 1.54) is 0 Å². The monoisotopic (exact) mass is 292 g/mol. The first-order valence-electron chi connectivity index (χ1n) is 7.32. The van der Waals surface area contributed by atoms with E-state index in [4.69, 9.17) is 4.74 Å². The van der Waals surface area contributed by atoms with Crippen molar-refractivity contribution >= 4 is 17.8 Å². The number of hydrogen-bond acceptors (Lipinski definition) is 7. The van der Waals surface area contributed by atoms with Crippen molar-refractivity contribution in [2.45, 2.75) is 25.8 Å². The average molecular weight is 292 g/mol. The Balaban J connectivity index is 1.80. The molecule has 0 radical (unpaired) electrons. The second-order valence-electron chi connectivity index (χ2n) is 5.15. The van der Waals surface area contributed by atoms with Gasteiger partial charge in [-0.3, -0.25) is 4.79 Å². The number of carbonyl (C=O) groups excluding carboxylic acids is 1. The number of hydrogen-bond donors (Lipinski definition) is 1. The summed E-state index contributed by atoms with van der Waals surface area (Å²) in [5.41, 5.74) is 0. The number of fused-ring (bicyclic) bond motifs is 1. The second kappa shape index (κ2) is 5.71. The predicted molar refractivity (Wildman–Crippen MR) is 77.5 cm³/mol. The molecule has 1 aromatic heterocycles. The molecule has 1 amide bonds. The van der Waals surface area contributed by atoms with Crippen molar-refractivity contribution < 1.29 is 9.53 Å². The number of nitrogens with zero attached hydrogens (tertiary/aromatic N) is 5. The second-order valence-corrected chi connectivity index (χ2v) is 5.15. The van der Waals surface area contributed by atoms with E-state index >= 15 is 0 Å². The third kappa shape index (κ3) is 2.70. The van der Waals surface area contributed by atoms with Crippen molar-refractivity contribution in [3.05, 3.63) is 0 Å². The summed E-state index contributed by atoms with van der Waals surface area (Å²) >= 11 is 0. The Kier molecular flexibility index (Phi) is 3.76. The summed E-state index contributed by atoms with van der Waals surface area (Å²) in [6.45, 7) is 4.64. The molecule has 0 aliphatic carbocycles. The van der Waals surface area contributed by atoms with E-state index in [1.807, 2.05) is 11.8 Å². The molecule has 1 N–H and O–H groups in total. The van der Waals surface area contributed by atoms with Crippen LogP contribution in [0.1, 0.15) is 19.8 Å². The van der Waals surface area contributed by atoms with Gasteiger partial charge in [0.2, 0.25) is 17.8 Å². The fourth-order valence-corrected chi connectivity index (χ4v) is 2.84. The Morgan fingerprint density at radius 1 is 1.33 bits per heavy atom. The van der Waals surface area contributed by atoms with Gasteiger partial charge >= 0.3 is 6.01 Å². The summed E-state index contributed by atoms with van der Waals surface area (Å²) in [5, 5.41) is 2.93. The smallest absolute Gasteiger partial charge is 0.323 e. The summed E-state index contributed by atoms with van der Waals surface area (Å²) in [6, 6.07) is 0.605. The van der Waals surface area contributed by atoms with Gasteiger partial charge in [-0.2, -0.15) is 15.0 Å². The zero-order valence-electron chi connectivity index (χ0n) is 12.4. The fraction of sp³-hybridized carbons (Fsp3) is 0.692. The van der Waals surface area contributed by atoms with Gasteiger partial charge in [-0.1, -0.05) is 0 Å². The van der Waals surface area contributed by atoms with Crippen molar-refractivity contribution in [2.75, 3.05) is 43.5 Å². The van der Waals surface area contributed by atoms with E-state index in [-0.39, 0.29) is 11.9 Å². The molecule has 8 nitrogen and oxygen atoms in total. The molecule has 2 aliphatic rings. The summed E-state index contributed by atoms with van der Waals surface area (Å²) < 4.78 is 5.39. The fourth-order valence-electron chi connectivity index (χ4n) is 2.84. The number of nitrogens with one attached hydrogen (secondary N) is 1. The molecule has 21 heavy (non-hydrogen) atoms. The minimum absolute atomic E-state index is 0.265. The van der Waals surface area contributed by atoms with Gasteiger partial charge in [-0.15, -0.1) is 0 Å². The molecule has 0 bridgehead atoms. The summed E-state index contributed by atoms with van der Waals surface area (Å²) in [6.07, 6.45) is 1.57. The van der Waals surface area contributed by atoms with E-state index in [2.05, 4.69) is 25.2 Å². The number of amides is 1. The van der Waals surface area contributed by atoms with E-state index in [9.17, 15) is 4.79 Å². The lowest BCUT2D eigenvalue weighted by molar-refractivity contribution is -0.129. The number of rotatable bonds is 4. The van der Waals surface area contributed by atoms with Gasteiger partial charge in [-0.05, 0) is 13.3 Å². The highest BCUT2D eigenvalue weighted by atomic mass is 16.5. The molecule has 0 spiro atoms. The van der Waals surface area contributed by atoms with Gasteiger partial charge < -0.3 is 19.9 Å².